The Kier molecular flexibility index (Phi) is 5.97. The van der Waals surface area contributed by atoms with E-state index in [9.17, 15) is 4.79 Å². The molecule has 0 aliphatic rings. The number of H-pyrrole nitrogens is 1. The largest absolute Gasteiger partial charge is 0.468 e. The Morgan fingerprint density at radius 2 is 1.91 bits per heavy atom. The zero-order valence-electron chi connectivity index (χ0n) is 19.3. The highest BCUT2D eigenvalue weighted by Crippen LogP contribution is 2.22. The van der Waals surface area contributed by atoms with E-state index in [-0.39, 0.29) is 11.1 Å². The van der Waals surface area contributed by atoms with Crippen molar-refractivity contribution in [3.8, 4) is 0 Å². The van der Waals surface area contributed by atoms with Crippen LogP contribution in [0.25, 0.3) is 10.9 Å². The average Bonchev–Trinajstić information content (AvgIpc) is 3.42. The van der Waals surface area contributed by atoms with Crippen LogP contribution in [-0.4, -0.2) is 30.1 Å². The summed E-state index contributed by atoms with van der Waals surface area (Å²) in [5, 5.41) is 13.4. The zero-order chi connectivity index (χ0) is 22.9. The second kappa shape index (κ2) is 8.70. The number of furan rings is 1. The van der Waals surface area contributed by atoms with Crippen LogP contribution in [0.4, 0.5) is 0 Å². The first-order valence-corrected chi connectivity index (χ1v) is 10.9. The van der Waals surface area contributed by atoms with Gasteiger partial charge in [0.15, 0.2) is 5.82 Å². The lowest BCUT2D eigenvalue weighted by atomic mass is 10.0. The van der Waals surface area contributed by atoms with Gasteiger partial charge in [-0.1, -0.05) is 6.92 Å². The Balaban J connectivity index is 1.68. The van der Waals surface area contributed by atoms with Crippen LogP contribution in [0.5, 0.6) is 0 Å². The summed E-state index contributed by atoms with van der Waals surface area (Å²) in [6.07, 6.45) is 2.55. The maximum atomic E-state index is 12.9. The molecule has 0 amide bonds. The molecule has 8 heteroatoms. The number of nitrogens with one attached hydrogen (secondary N) is 1. The lowest BCUT2D eigenvalue weighted by Crippen LogP contribution is -2.32. The summed E-state index contributed by atoms with van der Waals surface area (Å²) in [6, 6.07) is 9.92. The summed E-state index contributed by atoms with van der Waals surface area (Å²) >= 11 is 0. The molecule has 0 aliphatic heterocycles. The fourth-order valence-electron chi connectivity index (χ4n) is 3.80. The van der Waals surface area contributed by atoms with Gasteiger partial charge in [-0.05, 0) is 91.4 Å². The highest BCUT2D eigenvalue weighted by atomic mass is 16.3. The van der Waals surface area contributed by atoms with Gasteiger partial charge in [0.2, 0.25) is 0 Å². The van der Waals surface area contributed by atoms with Crippen LogP contribution in [0.15, 0.2) is 45.8 Å². The molecule has 0 unspecified atom stereocenters. The highest BCUT2D eigenvalue weighted by Gasteiger charge is 2.25. The molecule has 3 heterocycles. The number of pyridine rings is 1. The van der Waals surface area contributed by atoms with E-state index in [0.717, 1.165) is 34.5 Å². The lowest BCUT2D eigenvalue weighted by Gasteiger charge is -2.26. The van der Waals surface area contributed by atoms with Crippen molar-refractivity contribution in [2.75, 3.05) is 0 Å². The molecule has 1 N–H and O–H groups in total. The van der Waals surface area contributed by atoms with Gasteiger partial charge in [-0.25, -0.2) is 4.68 Å². The molecule has 4 rings (SSSR count). The van der Waals surface area contributed by atoms with E-state index in [4.69, 9.17) is 4.42 Å². The number of fused-ring (bicyclic) bond motifs is 1. The second-order valence-corrected chi connectivity index (χ2v) is 9.04. The Morgan fingerprint density at radius 3 is 2.62 bits per heavy atom. The van der Waals surface area contributed by atoms with Crippen molar-refractivity contribution >= 4 is 10.9 Å². The second-order valence-electron chi connectivity index (χ2n) is 9.04. The van der Waals surface area contributed by atoms with E-state index in [1.165, 1.54) is 5.56 Å². The van der Waals surface area contributed by atoms with Gasteiger partial charge in [0.05, 0.1) is 24.9 Å². The SMILES string of the molecule is CCC(C)(C)n1nnnc1CN(Cc1ccco1)Cc1cc2cc(C)c(C)cc2[nH]c1=O. The molecule has 0 atom stereocenters. The fraction of sp³-hybridized carbons (Fsp3) is 0.417. The molecule has 0 radical (unpaired) electrons. The molecule has 0 fully saturated rings. The first kappa shape index (κ1) is 22.0. The third-order valence-corrected chi connectivity index (χ3v) is 6.23. The van der Waals surface area contributed by atoms with Gasteiger partial charge in [-0.3, -0.25) is 9.69 Å². The maximum absolute atomic E-state index is 12.9. The quantitative estimate of drug-likeness (QED) is 0.449. The molecule has 0 aliphatic carbocycles. The van der Waals surface area contributed by atoms with Gasteiger partial charge in [0, 0.05) is 17.6 Å². The van der Waals surface area contributed by atoms with E-state index >= 15 is 0 Å². The average molecular weight is 435 g/mol. The molecular formula is C24H30N6O2. The normalized spacial score (nSPS) is 12.2. The van der Waals surface area contributed by atoms with Crippen molar-refractivity contribution in [2.45, 2.75) is 66.2 Å². The minimum atomic E-state index is -0.203. The van der Waals surface area contributed by atoms with Crippen LogP contribution in [0.3, 0.4) is 0 Å². The fourth-order valence-corrected chi connectivity index (χ4v) is 3.80. The number of hydrogen-bond acceptors (Lipinski definition) is 6. The Labute approximate surface area is 187 Å². The van der Waals surface area contributed by atoms with E-state index in [1.807, 2.05) is 35.9 Å². The molecule has 8 nitrogen and oxygen atoms in total. The van der Waals surface area contributed by atoms with Crippen molar-refractivity contribution in [1.29, 1.82) is 0 Å². The Hall–Kier alpha value is -3.26. The van der Waals surface area contributed by atoms with Gasteiger partial charge < -0.3 is 9.40 Å². The molecule has 0 saturated heterocycles. The van der Waals surface area contributed by atoms with Gasteiger partial charge in [0.1, 0.15) is 5.76 Å². The Morgan fingerprint density at radius 1 is 1.12 bits per heavy atom. The predicted octanol–water partition coefficient (Wildman–Crippen LogP) is 4.07. The number of aromatic amines is 1. The van der Waals surface area contributed by atoms with Gasteiger partial charge in [-0.15, -0.1) is 5.10 Å². The summed E-state index contributed by atoms with van der Waals surface area (Å²) in [5.74, 6) is 1.58. The first-order valence-electron chi connectivity index (χ1n) is 10.9. The molecule has 32 heavy (non-hydrogen) atoms. The molecule has 0 spiro atoms. The number of rotatable bonds is 8. The molecular weight excluding hydrogens is 404 g/mol. The first-order chi connectivity index (χ1) is 15.3. The standard InChI is InChI=1S/C24H30N6O2/c1-6-24(4,5)30-22(26-27-28-30)15-29(14-20-8-7-9-32-20)13-19-12-18-10-16(2)17(3)11-21(18)25-23(19)31/h7-12H,6,13-15H2,1-5H3,(H,25,31). The van der Waals surface area contributed by atoms with Crippen LogP contribution in [-0.2, 0) is 25.2 Å². The number of aryl methyl sites for hydroxylation is 2. The summed E-state index contributed by atoms with van der Waals surface area (Å²) in [6.45, 7) is 11.9. The van der Waals surface area contributed by atoms with Gasteiger partial charge >= 0.3 is 0 Å². The van der Waals surface area contributed by atoms with Crippen molar-refractivity contribution in [2.24, 2.45) is 0 Å². The molecule has 4 aromatic rings. The van der Waals surface area contributed by atoms with Crippen molar-refractivity contribution in [1.82, 2.24) is 30.1 Å². The monoisotopic (exact) mass is 434 g/mol. The lowest BCUT2D eigenvalue weighted by molar-refractivity contribution is 0.203. The number of hydrogen-bond donors (Lipinski definition) is 1. The van der Waals surface area contributed by atoms with E-state index in [0.29, 0.717) is 25.2 Å². The van der Waals surface area contributed by atoms with Crippen molar-refractivity contribution in [3.05, 3.63) is 75.2 Å². The summed E-state index contributed by atoms with van der Waals surface area (Å²) in [7, 11) is 0. The number of tetrazole rings is 1. The predicted molar refractivity (Wildman–Crippen MR) is 123 cm³/mol. The minimum absolute atomic E-state index is 0.0846. The smallest absolute Gasteiger partial charge is 0.252 e. The summed E-state index contributed by atoms with van der Waals surface area (Å²) < 4.78 is 7.46. The van der Waals surface area contributed by atoms with E-state index in [2.05, 4.69) is 59.2 Å². The van der Waals surface area contributed by atoms with Crippen LogP contribution in [0.1, 0.15) is 55.5 Å². The van der Waals surface area contributed by atoms with Gasteiger partial charge in [0.25, 0.3) is 5.56 Å². The molecule has 1 aromatic carbocycles. The van der Waals surface area contributed by atoms with Crippen molar-refractivity contribution < 1.29 is 4.42 Å². The van der Waals surface area contributed by atoms with Crippen LogP contribution < -0.4 is 5.56 Å². The molecule has 0 bridgehead atoms. The van der Waals surface area contributed by atoms with E-state index in [1.54, 1.807) is 6.26 Å². The van der Waals surface area contributed by atoms with Crippen LogP contribution in [0, 0.1) is 13.8 Å². The topological polar surface area (TPSA) is 92.8 Å². The summed E-state index contributed by atoms with van der Waals surface area (Å²) in [4.78, 5) is 18.1. The number of benzene rings is 1. The molecule has 0 saturated carbocycles. The number of aromatic nitrogens is 5. The Bertz CT molecular complexity index is 1270. The van der Waals surface area contributed by atoms with Crippen molar-refractivity contribution in [3.63, 3.8) is 0 Å². The maximum Gasteiger partial charge on any atom is 0.252 e. The number of nitrogens with zero attached hydrogens (tertiary/aromatic N) is 5. The van der Waals surface area contributed by atoms with Gasteiger partial charge in [-0.2, -0.15) is 0 Å². The van der Waals surface area contributed by atoms with Crippen LogP contribution in [0.2, 0.25) is 0 Å². The molecule has 3 aromatic heterocycles. The minimum Gasteiger partial charge on any atom is -0.468 e. The zero-order valence-corrected chi connectivity index (χ0v) is 19.3. The highest BCUT2D eigenvalue weighted by molar-refractivity contribution is 5.80. The third-order valence-electron chi connectivity index (χ3n) is 6.23. The third kappa shape index (κ3) is 4.50. The molecule has 168 valence electrons. The van der Waals surface area contributed by atoms with Crippen LogP contribution >= 0.6 is 0 Å². The summed E-state index contributed by atoms with van der Waals surface area (Å²) in [5.41, 5.74) is 3.62. The van der Waals surface area contributed by atoms with E-state index < -0.39 is 0 Å².